The largest absolute Gasteiger partial charge is 0.325 e. The molecule has 2 aromatic rings. The Morgan fingerprint density at radius 2 is 1.96 bits per heavy atom. The van der Waals surface area contributed by atoms with Gasteiger partial charge in [-0.3, -0.25) is 9.59 Å². The molecule has 1 saturated heterocycles. The highest BCUT2D eigenvalue weighted by atomic mass is 79.9. The molecule has 2 aromatic carbocycles. The van der Waals surface area contributed by atoms with E-state index in [0.717, 1.165) is 10.0 Å². The Morgan fingerprint density at radius 3 is 2.68 bits per heavy atom. The number of aryl methyl sites for hydroxylation is 1. The maximum Gasteiger partial charge on any atom is 0.229 e. The fraction of sp³-hybridized carbons (Fsp3) is 0.222. The lowest BCUT2D eigenvalue weighted by Crippen LogP contribution is -2.28. The van der Waals surface area contributed by atoms with E-state index in [4.69, 9.17) is 23.2 Å². The van der Waals surface area contributed by atoms with Gasteiger partial charge in [0.25, 0.3) is 0 Å². The highest BCUT2D eigenvalue weighted by molar-refractivity contribution is 9.10. The third-order valence-corrected chi connectivity index (χ3v) is 5.68. The number of rotatable bonds is 3. The Labute approximate surface area is 164 Å². The topological polar surface area (TPSA) is 49.4 Å². The first kappa shape index (κ1) is 18.2. The smallest absolute Gasteiger partial charge is 0.229 e. The van der Waals surface area contributed by atoms with Gasteiger partial charge in [-0.2, -0.15) is 0 Å². The molecule has 0 radical (unpaired) electrons. The third kappa shape index (κ3) is 3.84. The van der Waals surface area contributed by atoms with E-state index >= 15 is 0 Å². The first-order chi connectivity index (χ1) is 11.9. The molecule has 7 heteroatoms. The molecular formula is C18H15BrCl2N2O2. The standard InChI is InChI=1S/C18H15BrCl2N2O2/c1-10-6-12(19)14(21)8-15(10)22-18(25)11-7-17(24)23(9-11)16-5-3-2-4-13(16)20/h2-6,8,11H,7,9H2,1H3,(H,22,25)/t11-/m1/s1. The van der Waals surface area contributed by atoms with E-state index in [0.29, 0.717) is 28.0 Å². The summed E-state index contributed by atoms with van der Waals surface area (Å²) < 4.78 is 0.769. The molecule has 1 aliphatic rings. The van der Waals surface area contributed by atoms with E-state index in [2.05, 4.69) is 21.2 Å². The number of carbonyl (C=O) groups is 2. The van der Waals surface area contributed by atoms with Crippen molar-refractivity contribution < 1.29 is 9.59 Å². The van der Waals surface area contributed by atoms with E-state index in [-0.39, 0.29) is 18.2 Å². The number of hydrogen-bond acceptors (Lipinski definition) is 2. The number of amides is 2. The molecule has 1 fully saturated rings. The van der Waals surface area contributed by atoms with Gasteiger partial charge in [-0.05, 0) is 52.7 Å². The van der Waals surface area contributed by atoms with Crippen molar-refractivity contribution in [3.05, 3.63) is 56.5 Å². The molecule has 0 bridgehead atoms. The van der Waals surface area contributed by atoms with Crippen LogP contribution in [0.25, 0.3) is 0 Å². The van der Waals surface area contributed by atoms with Crippen molar-refractivity contribution >= 4 is 62.3 Å². The van der Waals surface area contributed by atoms with Crippen molar-refractivity contribution in [2.45, 2.75) is 13.3 Å². The van der Waals surface area contributed by atoms with Crippen LogP contribution in [-0.2, 0) is 9.59 Å². The van der Waals surface area contributed by atoms with Gasteiger partial charge < -0.3 is 10.2 Å². The van der Waals surface area contributed by atoms with E-state index in [1.54, 1.807) is 29.2 Å². The van der Waals surface area contributed by atoms with Crippen molar-refractivity contribution in [3.63, 3.8) is 0 Å². The van der Waals surface area contributed by atoms with E-state index < -0.39 is 5.92 Å². The number of para-hydroxylation sites is 1. The molecule has 2 amide bonds. The van der Waals surface area contributed by atoms with Crippen molar-refractivity contribution in [2.75, 3.05) is 16.8 Å². The minimum absolute atomic E-state index is 0.112. The summed E-state index contributed by atoms with van der Waals surface area (Å²) in [6.07, 6.45) is 0.153. The van der Waals surface area contributed by atoms with Crippen molar-refractivity contribution in [1.29, 1.82) is 0 Å². The summed E-state index contributed by atoms with van der Waals surface area (Å²) in [5, 5.41) is 3.88. The Morgan fingerprint density at radius 1 is 1.24 bits per heavy atom. The van der Waals surface area contributed by atoms with Crippen LogP contribution >= 0.6 is 39.1 Å². The Hall–Kier alpha value is -1.56. The van der Waals surface area contributed by atoms with Gasteiger partial charge in [0.1, 0.15) is 0 Å². The number of hydrogen-bond donors (Lipinski definition) is 1. The van der Waals surface area contributed by atoms with Crippen LogP contribution < -0.4 is 10.2 Å². The first-order valence-electron chi connectivity index (χ1n) is 7.68. The predicted octanol–water partition coefficient (Wildman–Crippen LogP) is 5.06. The summed E-state index contributed by atoms with van der Waals surface area (Å²) in [5.41, 5.74) is 2.16. The molecule has 25 heavy (non-hydrogen) atoms. The Kier molecular flexibility index (Phi) is 5.37. The average molecular weight is 442 g/mol. The number of nitrogens with one attached hydrogen (secondary N) is 1. The monoisotopic (exact) mass is 440 g/mol. The molecule has 0 spiro atoms. The van der Waals surface area contributed by atoms with Gasteiger partial charge in [0.15, 0.2) is 0 Å². The Bertz CT molecular complexity index is 857. The molecule has 1 N–H and O–H groups in total. The number of anilines is 2. The summed E-state index contributed by atoms with van der Waals surface area (Å²) in [5.74, 6) is -0.756. The molecule has 3 rings (SSSR count). The summed E-state index contributed by atoms with van der Waals surface area (Å²) >= 11 is 15.6. The fourth-order valence-corrected chi connectivity index (χ4v) is 3.66. The van der Waals surface area contributed by atoms with Gasteiger partial charge in [0.05, 0.1) is 21.7 Å². The van der Waals surface area contributed by atoms with Crippen molar-refractivity contribution in [3.8, 4) is 0 Å². The van der Waals surface area contributed by atoms with Crippen LogP contribution in [0, 0.1) is 12.8 Å². The van der Waals surface area contributed by atoms with Gasteiger partial charge in [-0.1, -0.05) is 35.3 Å². The molecular weight excluding hydrogens is 427 g/mol. The minimum Gasteiger partial charge on any atom is -0.325 e. The van der Waals surface area contributed by atoms with Gasteiger partial charge in [0.2, 0.25) is 11.8 Å². The first-order valence-corrected chi connectivity index (χ1v) is 9.23. The minimum atomic E-state index is -0.439. The number of benzene rings is 2. The number of halogens is 3. The fourth-order valence-electron chi connectivity index (χ4n) is 2.80. The second kappa shape index (κ2) is 7.36. The van der Waals surface area contributed by atoms with Gasteiger partial charge in [-0.25, -0.2) is 0 Å². The molecule has 0 aromatic heterocycles. The van der Waals surface area contributed by atoms with E-state index in [1.807, 2.05) is 19.1 Å². The highest BCUT2D eigenvalue weighted by Gasteiger charge is 2.36. The number of carbonyl (C=O) groups excluding carboxylic acids is 2. The summed E-state index contributed by atoms with van der Waals surface area (Å²) in [4.78, 5) is 26.5. The molecule has 0 unspecified atom stereocenters. The van der Waals surface area contributed by atoms with Crippen LogP contribution in [-0.4, -0.2) is 18.4 Å². The van der Waals surface area contributed by atoms with Crippen LogP contribution in [0.5, 0.6) is 0 Å². The molecule has 0 saturated carbocycles. The average Bonchev–Trinajstić information content (AvgIpc) is 2.95. The second-order valence-corrected chi connectivity index (χ2v) is 7.60. The quantitative estimate of drug-likeness (QED) is 0.723. The maximum absolute atomic E-state index is 12.6. The van der Waals surface area contributed by atoms with Crippen LogP contribution in [0.3, 0.4) is 0 Å². The van der Waals surface area contributed by atoms with Gasteiger partial charge >= 0.3 is 0 Å². The summed E-state index contributed by atoms with van der Waals surface area (Å²) in [6, 6.07) is 10.7. The lowest BCUT2D eigenvalue weighted by molar-refractivity contribution is -0.122. The van der Waals surface area contributed by atoms with Crippen LogP contribution in [0.1, 0.15) is 12.0 Å². The van der Waals surface area contributed by atoms with Crippen LogP contribution in [0.4, 0.5) is 11.4 Å². The summed E-state index contributed by atoms with van der Waals surface area (Å²) in [6.45, 7) is 2.18. The van der Waals surface area contributed by atoms with Crippen molar-refractivity contribution in [1.82, 2.24) is 0 Å². The maximum atomic E-state index is 12.6. The zero-order chi connectivity index (χ0) is 18.1. The van der Waals surface area contributed by atoms with Crippen LogP contribution in [0.15, 0.2) is 40.9 Å². The van der Waals surface area contributed by atoms with E-state index in [9.17, 15) is 9.59 Å². The summed E-state index contributed by atoms with van der Waals surface area (Å²) in [7, 11) is 0. The molecule has 0 aliphatic carbocycles. The predicted molar refractivity (Wildman–Crippen MR) is 104 cm³/mol. The van der Waals surface area contributed by atoms with Gasteiger partial charge in [-0.15, -0.1) is 0 Å². The molecule has 4 nitrogen and oxygen atoms in total. The lowest BCUT2D eigenvalue weighted by atomic mass is 10.1. The van der Waals surface area contributed by atoms with Gasteiger partial charge in [0, 0.05) is 23.1 Å². The SMILES string of the molecule is Cc1cc(Br)c(Cl)cc1NC(=O)[C@@H]1CC(=O)N(c2ccccc2Cl)C1. The zero-order valence-corrected chi connectivity index (χ0v) is 16.5. The zero-order valence-electron chi connectivity index (χ0n) is 13.4. The molecule has 1 aliphatic heterocycles. The normalized spacial score (nSPS) is 17.0. The molecule has 1 atom stereocenters. The third-order valence-electron chi connectivity index (χ3n) is 4.16. The van der Waals surface area contributed by atoms with Crippen molar-refractivity contribution in [2.24, 2.45) is 5.92 Å². The second-order valence-electron chi connectivity index (χ2n) is 5.93. The lowest BCUT2D eigenvalue weighted by Gasteiger charge is -2.18. The number of nitrogens with zero attached hydrogens (tertiary/aromatic N) is 1. The molecule has 130 valence electrons. The molecule has 1 heterocycles. The van der Waals surface area contributed by atoms with E-state index in [1.165, 1.54) is 0 Å². The highest BCUT2D eigenvalue weighted by Crippen LogP contribution is 2.33. The van der Waals surface area contributed by atoms with Crippen LogP contribution in [0.2, 0.25) is 10.0 Å². The Balaban J connectivity index is 1.75.